The Hall–Kier alpha value is -0.640. The Labute approximate surface area is 92.5 Å². The fraction of sp³-hybridized carbons (Fsp3) is 0. The molecule has 0 spiro atoms. The Kier molecular flexibility index (Phi) is 3.47. The van der Waals surface area contributed by atoms with Gasteiger partial charge in [0.2, 0.25) is 0 Å². The number of hydrogen-bond donors (Lipinski definition) is 0. The zero-order valence-electron chi connectivity index (χ0n) is 6.81. The summed E-state index contributed by atoms with van der Waals surface area (Å²) in [5, 5.41) is 7.58. The van der Waals surface area contributed by atoms with Crippen LogP contribution in [0.1, 0.15) is 0 Å². The van der Waals surface area contributed by atoms with Gasteiger partial charge in [-0.05, 0) is 12.1 Å². The first-order valence-corrected chi connectivity index (χ1v) is 3.32. The van der Waals surface area contributed by atoms with E-state index in [0.717, 1.165) is 11.4 Å². The van der Waals surface area contributed by atoms with Crippen molar-refractivity contribution in [2.24, 2.45) is 0 Å². The van der Waals surface area contributed by atoms with E-state index >= 15 is 0 Å². The van der Waals surface area contributed by atoms with Crippen LogP contribution >= 0.6 is 0 Å². The molecule has 0 bridgehead atoms. The van der Waals surface area contributed by atoms with Gasteiger partial charge in [-0.2, -0.15) is 6.20 Å². The SMILES string of the molecule is [Na+].c1ccc(-c2cc[n-]n2)nc1. The normalized spacial score (nSPS) is 9.00. The number of rotatable bonds is 1. The molecule has 0 saturated heterocycles. The summed E-state index contributed by atoms with van der Waals surface area (Å²) in [6.45, 7) is 0. The van der Waals surface area contributed by atoms with E-state index in [1.807, 2.05) is 24.3 Å². The summed E-state index contributed by atoms with van der Waals surface area (Å²) in [7, 11) is 0. The van der Waals surface area contributed by atoms with Crippen LogP contribution < -0.4 is 34.7 Å². The fourth-order valence-electron chi connectivity index (χ4n) is 0.884. The van der Waals surface area contributed by atoms with Crippen molar-refractivity contribution in [1.82, 2.24) is 15.2 Å². The van der Waals surface area contributed by atoms with Gasteiger partial charge in [-0.15, -0.1) is 0 Å². The minimum absolute atomic E-state index is 0. The predicted octanol–water partition coefficient (Wildman–Crippen LogP) is -1.90. The van der Waals surface area contributed by atoms with Gasteiger partial charge in [0.15, 0.2) is 0 Å². The summed E-state index contributed by atoms with van der Waals surface area (Å²) in [4.78, 5) is 4.12. The van der Waals surface area contributed by atoms with Crippen LogP contribution in [0.2, 0.25) is 0 Å². The van der Waals surface area contributed by atoms with Crippen LogP contribution in [0, 0.1) is 0 Å². The maximum atomic E-state index is 4.12. The van der Waals surface area contributed by atoms with Crippen LogP contribution in [0.15, 0.2) is 36.7 Å². The molecule has 3 nitrogen and oxygen atoms in total. The van der Waals surface area contributed by atoms with Crippen LogP contribution in [0.4, 0.5) is 0 Å². The van der Waals surface area contributed by atoms with Gasteiger partial charge in [0.05, 0.1) is 11.4 Å². The Morgan fingerprint density at radius 1 is 1.08 bits per heavy atom. The number of nitrogens with zero attached hydrogens (tertiary/aromatic N) is 3. The first-order chi connectivity index (χ1) is 5.47. The third-order valence-corrected chi connectivity index (χ3v) is 1.39. The molecule has 0 radical (unpaired) electrons. The van der Waals surface area contributed by atoms with E-state index in [2.05, 4.69) is 15.2 Å². The minimum atomic E-state index is 0. The van der Waals surface area contributed by atoms with Crippen molar-refractivity contribution in [3.05, 3.63) is 36.7 Å². The van der Waals surface area contributed by atoms with E-state index in [1.165, 1.54) is 0 Å². The number of pyridine rings is 1. The minimum Gasteiger partial charge on any atom is -0.581 e. The van der Waals surface area contributed by atoms with E-state index < -0.39 is 0 Å². The van der Waals surface area contributed by atoms with E-state index in [9.17, 15) is 0 Å². The van der Waals surface area contributed by atoms with Gasteiger partial charge < -0.3 is 10.2 Å². The largest absolute Gasteiger partial charge is 1.00 e. The van der Waals surface area contributed by atoms with Crippen molar-refractivity contribution in [2.45, 2.75) is 0 Å². The molecular weight excluding hydrogens is 161 g/mol. The summed E-state index contributed by atoms with van der Waals surface area (Å²) in [6.07, 6.45) is 3.40. The average Bonchev–Trinajstić information content (AvgIpc) is 2.58. The first kappa shape index (κ1) is 9.45. The summed E-state index contributed by atoms with van der Waals surface area (Å²) < 4.78 is 0. The standard InChI is InChI=1S/C8H6N3.Na/c1-2-5-9-7(3-1)8-4-6-10-11-8;/h1-6H;/q-1;+1. The molecule has 0 aromatic carbocycles. The predicted molar refractivity (Wildman–Crippen MR) is 40.8 cm³/mol. The van der Waals surface area contributed by atoms with Crippen LogP contribution in [-0.2, 0) is 0 Å². The maximum Gasteiger partial charge on any atom is 1.00 e. The Balaban J connectivity index is 0.000000720. The van der Waals surface area contributed by atoms with Crippen molar-refractivity contribution in [1.29, 1.82) is 0 Å². The molecule has 4 heteroatoms. The van der Waals surface area contributed by atoms with Crippen LogP contribution in [0.3, 0.4) is 0 Å². The van der Waals surface area contributed by atoms with Crippen molar-refractivity contribution in [2.75, 3.05) is 0 Å². The average molecular weight is 167 g/mol. The molecule has 2 rings (SSSR count). The van der Waals surface area contributed by atoms with Gasteiger partial charge in [-0.1, -0.05) is 12.1 Å². The topological polar surface area (TPSA) is 39.9 Å². The Morgan fingerprint density at radius 2 is 2.00 bits per heavy atom. The van der Waals surface area contributed by atoms with E-state index in [4.69, 9.17) is 0 Å². The molecule has 0 amide bonds. The molecule has 0 atom stereocenters. The van der Waals surface area contributed by atoms with Gasteiger partial charge in [-0.25, -0.2) is 0 Å². The third kappa shape index (κ3) is 1.94. The molecule has 12 heavy (non-hydrogen) atoms. The van der Waals surface area contributed by atoms with Gasteiger partial charge in [0.1, 0.15) is 0 Å². The van der Waals surface area contributed by atoms with Crippen molar-refractivity contribution in [3.63, 3.8) is 0 Å². The summed E-state index contributed by atoms with van der Waals surface area (Å²) in [5.41, 5.74) is 1.69. The second-order valence-corrected chi connectivity index (χ2v) is 2.13. The Bertz CT molecular complexity index is 317. The molecule has 0 N–H and O–H groups in total. The molecule has 54 valence electrons. The Morgan fingerprint density at radius 3 is 2.58 bits per heavy atom. The summed E-state index contributed by atoms with van der Waals surface area (Å²) in [5.74, 6) is 0. The van der Waals surface area contributed by atoms with Crippen LogP contribution in [-0.4, -0.2) is 10.1 Å². The quantitative estimate of drug-likeness (QED) is 0.466. The maximum absolute atomic E-state index is 4.12. The zero-order chi connectivity index (χ0) is 7.52. The molecule has 2 heterocycles. The molecule has 0 aliphatic rings. The number of aromatic nitrogens is 3. The fourth-order valence-corrected chi connectivity index (χ4v) is 0.884. The molecule has 0 aliphatic heterocycles. The molecule has 2 aromatic rings. The molecule has 0 unspecified atom stereocenters. The number of hydrogen-bond acceptors (Lipinski definition) is 2. The molecule has 0 aliphatic carbocycles. The second-order valence-electron chi connectivity index (χ2n) is 2.13. The molecule has 0 saturated carbocycles. The zero-order valence-corrected chi connectivity index (χ0v) is 8.81. The van der Waals surface area contributed by atoms with E-state index in [1.54, 1.807) is 12.4 Å². The van der Waals surface area contributed by atoms with Crippen molar-refractivity contribution < 1.29 is 29.6 Å². The molecular formula is C8H6N3Na. The van der Waals surface area contributed by atoms with Crippen LogP contribution in [0.25, 0.3) is 11.4 Å². The van der Waals surface area contributed by atoms with Gasteiger partial charge in [-0.3, -0.25) is 4.98 Å². The first-order valence-electron chi connectivity index (χ1n) is 3.32. The molecule has 2 aromatic heterocycles. The van der Waals surface area contributed by atoms with Gasteiger partial charge >= 0.3 is 29.6 Å². The van der Waals surface area contributed by atoms with Gasteiger partial charge in [0, 0.05) is 6.20 Å². The van der Waals surface area contributed by atoms with E-state index in [-0.39, 0.29) is 29.6 Å². The van der Waals surface area contributed by atoms with Crippen LogP contribution in [0.5, 0.6) is 0 Å². The smallest absolute Gasteiger partial charge is 0.581 e. The second kappa shape index (κ2) is 4.40. The van der Waals surface area contributed by atoms with Gasteiger partial charge in [0.25, 0.3) is 0 Å². The summed E-state index contributed by atoms with van der Waals surface area (Å²) >= 11 is 0. The third-order valence-electron chi connectivity index (χ3n) is 1.39. The molecule has 0 fully saturated rings. The van der Waals surface area contributed by atoms with E-state index in [0.29, 0.717) is 0 Å². The van der Waals surface area contributed by atoms with Crippen molar-refractivity contribution in [3.8, 4) is 11.4 Å². The van der Waals surface area contributed by atoms with Crippen molar-refractivity contribution >= 4 is 0 Å². The summed E-state index contributed by atoms with van der Waals surface area (Å²) in [6, 6.07) is 7.54. The monoisotopic (exact) mass is 167 g/mol.